The maximum Gasteiger partial charge on any atom is 0.123 e. The minimum Gasteiger partial charge on any atom is -0.489 e. The van der Waals surface area contributed by atoms with E-state index in [1.165, 1.54) is 24.3 Å². The number of halogens is 2. The molecule has 0 unspecified atom stereocenters. The highest BCUT2D eigenvalue weighted by Gasteiger charge is 2.09. The Labute approximate surface area is 186 Å². The van der Waals surface area contributed by atoms with Crippen molar-refractivity contribution in [2.75, 3.05) is 5.43 Å². The van der Waals surface area contributed by atoms with Crippen molar-refractivity contribution in [2.45, 2.75) is 19.6 Å². The molecule has 0 amide bonds. The predicted molar refractivity (Wildman–Crippen MR) is 123 cm³/mol. The fraction of sp³-hybridized carbons (Fsp3) is 0.111. The second-order valence-electron chi connectivity index (χ2n) is 7.51. The second kappa shape index (κ2) is 10.6. The summed E-state index contributed by atoms with van der Waals surface area (Å²) < 4.78 is 33.2. The molecule has 0 aliphatic carbocycles. The molecule has 4 aromatic carbocycles. The van der Waals surface area contributed by atoms with Crippen LogP contribution in [-0.4, -0.2) is 0 Å². The average molecular weight is 430 g/mol. The predicted octanol–water partition coefficient (Wildman–Crippen LogP) is 6.25. The summed E-state index contributed by atoms with van der Waals surface area (Å²) in [6, 6.07) is 28.7. The van der Waals surface area contributed by atoms with E-state index >= 15 is 0 Å². The molecule has 0 saturated carbocycles. The maximum atomic E-state index is 13.7. The van der Waals surface area contributed by atoms with Gasteiger partial charge >= 0.3 is 0 Å². The molecule has 3 nitrogen and oxygen atoms in total. The smallest absolute Gasteiger partial charge is 0.123 e. The van der Waals surface area contributed by atoms with Gasteiger partial charge in [0.1, 0.15) is 24.0 Å². The second-order valence-corrected chi connectivity index (χ2v) is 7.51. The van der Waals surface area contributed by atoms with E-state index in [0.29, 0.717) is 18.7 Å². The number of para-hydroxylation sites is 1. The van der Waals surface area contributed by atoms with E-state index in [2.05, 4.69) is 10.9 Å². The Balaban J connectivity index is 1.50. The van der Waals surface area contributed by atoms with Crippen molar-refractivity contribution in [3.63, 3.8) is 0 Å². The number of hydrogen-bond donors (Lipinski definition) is 2. The summed E-state index contributed by atoms with van der Waals surface area (Å²) >= 11 is 0. The Hall–Kier alpha value is -3.70. The average Bonchev–Trinajstić information content (AvgIpc) is 2.79. The highest BCUT2D eigenvalue weighted by atomic mass is 19.1. The quantitative estimate of drug-likeness (QED) is 0.308. The van der Waals surface area contributed by atoms with Gasteiger partial charge in [0.15, 0.2) is 0 Å². The van der Waals surface area contributed by atoms with Crippen molar-refractivity contribution in [3.05, 3.63) is 131 Å². The number of rotatable bonds is 9. The standard InChI is InChI=1S/C27H24F2N2O/c28-24-8-4-6-20(16-24)14-23-15-21(18-30-31-26-10-2-1-3-11-26)12-13-27(23)32-19-22-7-5-9-25(29)17-22/h1-13,15-17,30-31H,14,18-19H2. The van der Waals surface area contributed by atoms with E-state index in [1.807, 2.05) is 60.7 Å². The molecule has 0 fully saturated rings. The number of hydrazine groups is 1. The molecule has 0 spiro atoms. The summed E-state index contributed by atoms with van der Waals surface area (Å²) in [5.74, 6) is 0.131. The van der Waals surface area contributed by atoms with E-state index in [0.717, 1.165) is 27.9 Å². The highest BCUT2D eigenvalue weighted by Crippen LogP contribution is 2.25. The van der Waals surface area contributed by atoms with Crippen LogP contribution in [0.3, 0.4) is 0 Å². The van der Waals surface area contributed by atoms with Crippen LogP contribution in [0.2, 0.25) is 0 Å². The first kappa shape index (κ1) is 21.5. The lowest BCUT2D eigenvalue weighted by atomic mass is 10.0. The van der Waals surface area contributed by atoms with Crippen molar-refractivity contribution < 1.29 is 13.5 Å². The third-order valence-corrected chi connectivity index (χ3v) is 4.99. The van der Waals surface area contributed by atoms with E-state index in [-0.39, 0.29) is 18.2 Å². The van der Waals surface area contributed by atoms with Crippen LogP contribution in [0.25, 0.3) is 0 Å². The Morgan fingerprint density at radius 1 is 0.656 bits per heavy atom. The number of ether oxygens (including phenoxy) is 1. The van der Waals surface area contributed by atoms with Crippen LogP contribution in [0, 0.1) is 11.6 Å². The summed E-state index contributed by atoms with van der Waals surface area (Å²) in [5.41, 5.74) is 10.9. The number of nitrogens with one attached hydrogen (secondary N) is 2. The van der Waals surface area contributed by atoms with Crippen LogP contribution in [0.4, 0.5) is 14.5 Å². The molecule has 162 valence electrons. The summed E-state index contributed by atoms with van der Waals surface area (Å²) in [4.78, 5) is 0. The van der Waals surface area contributed by atoms with Gasteiger partial charge in [-0.3, -0.25) is 0 Å². The van der Waals surface area contributed by atoms with Crippen molar-refractivity contribution in [2.24, 2.45) is 0 Å². The molecule has 0 saturated heterocycles. The van der Waals surface area contributed by atoms with Gasteiger partial charge in [0.25, 0.3) is 0 Å². The third kappa shape index (κ3) is 6.15. The Morgan fingerprint density at radius 2 is 1.38 bits per heavy atom. The molecule has 5 heteroatoms. The van der Waals surface area contributed by atoms with E-state index in [9.17, 15) is 8.78 Å². The minimum absolute atomic E-state index is 0.251. The molecule has 0 aliphatic rings. The SMILES string of the molecule is Fc1cccc(COc2ccc(CNNc3ccccc3)cc2Cc2cccc(F)c2)c1. The zero-order valence-electron chi connectivity index (χ0n) is 17.5. The number of benzene rings is 4. The number of hydrogen-bond acceptors (Lipinski definition) is 3. The zero-order chi connectivity index (χ0) is 22.2. The van der Waals surface area contributed by atoms with Crippen molar-refractivity contribution >= 4 is 5.69 Å². The molecule has 2 N–H and O–H groups in total. The van der Waals surface area contributed by atoms with Gasteiger partial charge in [0.05, 0.1) is 0 Å². The Bertz CT molecular complexity index is 1170. The van der Waals surface area contributed by atoms with Gasteiger partial charge < -0.3 is 10.2 Å². The fourth-order valence-electron chi connectivity index (χ4n) is 3.45. The lowest BCUT2D eigenvalue weighted by Gasteiger charge is -2.15. The molecule has 0 heterocycles. The van der Waals surface area contributed by atoms with Gasteiger partial charge in [-0.15, -0.1) is 0 Å². The monoisotopic (exact) mass is 430 g/mol. The molecule has 0 atom stereocenters. The van der Waals surface area contributed by atoms with E-state index in [4.69, 9.17) is 4.74 Å². The van der Waals surface area contributed by atoms with E-state index < -0.39 is 0 Å². The fourth-order valence-corrected chi connectivity index (χ4v) is 3.45. The van der Waals surface area contributed by atoms with Gasteiger partial charge in [-0.2, -0.15) is 0 Å². The maximum absolute atomic E-state index is 13.7. The lowest BCUT2D eigenvalue weighted by Crippen LogP contribution is -2.20. The molecular weight excluding hydrogens is 406 g/mol. The van der Waals surface area contributed by atoms with Gasteiger partial charge in [0, 0.05) is 18.7 Å². The first-order valence-electron chi connectivity index (χ1n) is 10.4. The van der Waals surface area contributed by atoms with Crippen LogP contribution in [0.1, 0.15) is 22.3 Å². The molecule has 0 radical (unpaired) electrons. The normalized spacial score (nSPS) is 10.7. The summed E-state index contributed by atoms with van der Waals surface area (Å²) in [6.07, 6.45) is 0.524. The third-order valence-electron chi connectivity index (χ3n) is 4.99. The first-order chi connectivity index (χ1) is 15.7. The minimum atomic E-state index is -0.293. The first-order valence-corrected chi connectivity index (χ1v) is 10.4. The summed E-state index contributed by atoms with van der Waals surface area (Å²) in [7, 11) is 0. The van der Waals surface area contributed by atoms with Crippen LogP contribution < -0.4 is 15.6 Å². The highest BCUT2D eigenvalue weighted by molar-refractivity contribution is 5.43. The van der Waals surface area contributed by atoms with E-state index in [1.54, 1.807) is 12.1 Å². The molecule has 0 aliphatic heterocycles. The summed E-state index contributed by atoms with van der Waals surface area (Å²) in [5, 5.41) is 0. The van der Waals surface area contributed by atoms with Crippen molar-refractivity contribution in [1.29, 1.82) is 0 Å². The summed E-state index contributed by atoms with van der Waals surface area (Å²) in [6.45, 7) is 0.844. The molecule has 4 aromatic rings. The van der Waals surface area contributed by atoms with Crippen LogP contribution >= 0.6 is 0 Å². The largest absolute Gasteiger partial charge is 0.489 e. The van der Waals surface area contributed by atoms with Gasteiger partial charge in [-0.1, -0.05) is 54.6 Å². The van der Waals surface area contributed by atoms with Gasteiger partial charge in [-0.05, 0) is 64.7 Å². The molecular formula is C27H24F2N2O. The van der Waals surface area contributed by atoms with Crippen molar-refractivity contribution in [3.8, 4) is 5.75 Å². The van der Waals surface area contributed by atoms with Crippen LogP contribution in [0.5, 0.6) is 5.75 Å². The molecule has 4 rings (SSSR count). The van der Waals surface area contributed by atoms with Crippen LogP contribution in [0.15, 0.2) is 97.1 Å². The molecule has 0 bridgehead atoms. The topological polar surface area (TPSA) is 33.3 Å². The Kier molecular flexibility index (Phi) is 7.10. The molecule has 32 heavy (non-hydrogen) atoms. The van der Waals surface area contributed by atoms with Gasteiger partial charge in [-0.25, -0.2) is 14.2 Å². The van der Waals surface area contributed by atoms with Gasteiger partial charge in [0.2, 0.25) is 0 Å². The van der Waals surface area contributed by atoms with Crippen molar-refractivity contribution in [1.82, 2.24) is 5.43 Å². The van der Waals surface area contributed by atoms with Crippen LogP contribution in [-0.2, 0) is 19.6 Å². The molecule has 0 aromatic heterocycles. The zero-order valence-corrected chi connectivity index (χ0v) is 17.5. The lowest BCUT2D eigenvalue weighted by molar-refractivity contribution is 0.302. The Morgan fingerprint density at radius 3 is 2.12 bits per heavy atom. The number of anilines is 1.